The van der Waals surface area contributed by atoms with Crippen LogP contribution in [-0.4, -0.2) is 20.2 Å². The van der Waals surface area contributed by atoms with Gasteiger partial charge in [0.2, 0.25) is 0 Å². The first-order valence-electron chi connectivity index (χ1n) is 3.08. The molecule has 5 heteroatoms. The lowest BCUT2D eigenvalue weighted by Gasteiger charge is -1.86. The molecule has 0 saturated heterocycles. The maximum atomic E-state index is 4.84. The number of nitrogens with zero attached hydrogens (tertiary/aromatic N) is 4. The van der Waals surface area contributed by atoms with E-state index in [1.165, 1.54) is 4.68 Å². The van der Waals surface area contributed by atoms with Gasteiger partial charge >= 0.3 is 0 Å². The van der Waals surface area contributed by atoms with Gasteiger partial charge in [-0.1, -0.05) is 10.4 Å². The number of aromatic nitrogens is 4. The highest BCUT2D eigenvalue weighted by atomic mass is 16.5. The number of aryl methyl sites for hydroxylation is 1. The lowest BCUT2D eigenvalue weighted by Crippen LogP contribution is -1.94. The van der Waals surface area contributed by atoms with Gasteiger partial charge in [0.15, 0.2) is 5.82 Å². The minimum absolute atomic E-state index is 0.622. The van der Waals surface area contributed by atoms with Gasteiger partial charge in [-0.3, -0.25) is 0 Å². The van der Waals surface area contributed by atoms with E-state index in [1.54, 1.807) is 12.3 Å². The van der Waals surface area contributed by atoms with Gasteiger partial charge < -0.3 is 4.52 Å². The van der Waals surface area contributed by atoms with Crippen LogP contribution < -0.4 is 0 Å². The van der Waals surface area contributed by atoms with Gasteiger partial charge in [-0.25, -0.2) is 0 Å². The zero-order valence-electron chi connectivity index (χ0n) is 5.85. The van der Waals surface area contributed by atoms with Crippen molar-refractivity contribution in [2.24, 2.45) is 0 Å². The zero-order valence-corrected chi connectivity index (χ0v) is 5.85. The number of hydrogen-bond donors (Lipinski definition) is 0. The van der Waals surface area contributed by atoms with E-state index >= 15 is 0 Å². The predicted molar refractivity (Wildman–Crippen MR) is 35.0 cm³/mol. The van der Waals surface area contributed by atoms with Gasteiger partial charge in [0, 0.05) is 6.07 Å². The fraction of sp³-hybridized carbons (Fsp3) is 0.167. The van der Waals surface area contributed by atoms with Gasteiger partial charge in [0.05, 0.1) is 6.20 Å². The second-order valence-electron chi connectivity index (χ2n) is 2.09. The molecule has 0 atom stereocenters. The molecule has 0 unspecified atom stereocenters. The highest BCUT2D eigenvalue weighted by Crippen LogP contribution is 2.04. The third-order valence-electron chi connectivity index (χ3n) is 1.23. The van der Waals surface area contributed by atoms with Crippen LogP contribution in [0.3, 0.4) is 0 Å². The Morgan fingerprint density at radius 1 is 1.64 bits per heavy atom. The van der Waals surface area contributed by atoms with Crippen LogP contribution in [0.25, 0.3) is 5.82 Å². The van der Waals surface area contributed by atoms with Gasteiger partial charge in [-0.2, -0.15) is 4.68 Å². The van der Waals surface area contributed by atoms with Crippen molar-refractivity contribution in [2.45, 2.75) is 6.92 Å². The fourth-order valence-corrected chi connectivity index (χ4v) is 0.754. The Hall–Kier alpha value is -1.65. The van der Waals surface area contributed by atoms with E-state index in [-0.39, 0.29) is 0 Å². The first kappa shape index (κ1) is 6.09. The first-order chi connectivity index (χ1) is 5.36. The van der Waals surface area contributed by atoms with Crippen molar-refractivity contribution in [3.05, 3.63) is 24.2 Å². The van der Waals surface area contributed by atoms with E-state index in [0.717, 1.165) is 5.76 Å². The normalized spacial score (nSPS) is 10.3. The van der Waals surface area contributed by atoms with Crippen molar-refractivity contribution < 1.29 is 4.52 Å². The second-order valence-corrected chi connectivity index (χ2v) is 2.09. The molecule has 0 amide bonds. The minimum Gasteiger partial charge on any atom is -0.359 e. The summed E-state index contributed by atoms with van der Waals surface area (Å²) < 4.78 is 6.32. The molecule has 2 rings (SSSR count). The summed E-state index contributed by atoms with van der Waals surface area (Å²) in [6.07, 6.45) is 4.14. The molecule has 2 aromatic heterocycles. The molecule has 2 heterocycles. The van der Waals surface area contributed by atoms with Gasteiger partial charge in [-0.05, 0) is 6.92 Å². The van der Waals surface area contributed by atoms with Crippen molar-refractivity contribution in [3.8, 4) is 5.82 Å². The Balaban J connectivity index is 2.45. The molecule has 0 aromatic carbocycles. The summed E-state index contributed by atoms with van der Waals surface area (Å²) in [5.74, 6) is 1.37. The molecule has 5 nitrogen and oxygen atoms in total. The molecule has 0 saturated carbocycles. The van der Waals surface area contributed by atoms with Crippen LogP contribution >= 0.6 is 0 Å². The largest absolute Gasteiger partial charge is 0.359 e. The van der Waals surface area contributed by atoms with Crippen molar-refractivity contribution in [3.63, 3.8) is 0 Å². The van der Waals surface area contributed by atoms with E-state index in [2.05, 4.69) is 21.7 Å². The molecule has 11 heavy (non-hydrogen) atoms. The van der Waals surface area contributed by atoms with E-state index in [1.807, 2.05) is 6.92 Å². The highest BCUT2D eigenvalue weighted by molar-refractivity contribution is 5.18. The average molecular weight is 149 g/mol. The molecule has 1 radical (unpaired) electrons. The molecule has 0 aliphatic heterocycles. The van der Waals surface area contributed by atoms with Gasteiger partial charge in [0.1, 0.15) is 12.0 Å². The molecule has 0 aliphatic rings. The fourth-order valence-electron chi connectivity index (χ4n) is 0.754. The van der Waals surface area contributed by atoms with Crippen LogP contribution in [-0.2, 0) is 0 Å². The lowest BCUT2D eigenvalue weighted by molar-refractivity contribution is 0.393. The summed E-state index contributed by atoms with van der Waals surface area (Å²) in [5, 5.41) is 10.9. The van der Waals surface area contributed by atoms with E-state index < -0.39 is 0 Å². The number of rotatable bonds is 1. The minimum atomic E-state index is 0.622. The summed E-state index contributed by atoms with van der Waals surface area (Å²) in [5.41, 5.74) is 0. The maximum Gasteiger partial charge on any atom is 0.198 e. The molecular weight excluding hydrogens is 144 g/mol. The SMILES string of the molecule is Cc1cc(-n2c[c]nn2)no1. The van der Waals surface area contributed by atoms with Gasteiger partial charge in [0.25, 0.3) is 0 Å². The van der Waals surface area contributed by atoms with Crippen LogP contribution in [0.1, 0.15) is 5.76 Å². The smallest absolute Gasteiger partial charge is 0.198 e. The monoisotopic (exact) mass is 149 g/mol. The third kappa shape index (κ3) is 1.000. The third-order valence-corrected chi connectivity index (χ3v) is 1.23. The zero-order chi connectivity index (χ0) is 7.68. The molecule has 0 spiro atoms. The van der Waals surface area contributed by atoms with Gasteiger partial charge in [-0.15, -0.1) is 5.10 Å². The quantitative estimate of drug-likeness (QED) is 0.587. The topological polar surface area (TPSA) is 56.7 Å². The summed E-state index contributed by atoms with van der Waals surface area (Å²) in [6.45, 7) is 1.82. The molecule has 0 fully saturated rings. The van der Waals surface area contributed by atoms with E-state index in [9.17, 15) is 0 Å². The van der Waals surface area contributed by atoms with E-state index in [0.29, 0.717) is 5.82 Å². The van der Waals surface area contributed by atoms with Crippen LogP contribution in [0.4, 0.5) is 0 Å². The molecule has 0 bridgehead atoms. The Bertz CT molecular complexity index is 337. The molecule has 0 N–H and O–H groups in total. The molecule has 2 aromatic rings. The summed E-state index contributed by atoms with van der Waals surface area (Å²) in [7, 11) is 0. The van der Waals surface area contributed by atoms with Crippen molar-refractivity contribution in [2.75, 3.05) is 0 Å². The lowest BCUT2D eigenvalue weighted by atomic mass is 10.5. The van der Waals surface area contributed by atoms with E-state index in [4.69, 9.17) is 4.52 Å². The Morgan fingerprint density at radius 3 is 3.09 bits per heavy atom. The van der Waals surface area contributed by atoms with Crippen molar-refractivity contribution in [1.29, 1.82) is 0 Å². The number of hydrogen-bond acceptors (Lipinski definition) is 4. The molecular formula is C6H5N4O. The van der Waals surface area contributed by atoms with Crippen LogP contribution in [0.5, 0.6) is 0 Å². The van der Waals surface area contributed by atoms with Crippen molar-refractivity contribution in [1.82, 2.24) is 20.2 Å². The van der Waals surface area contributed by atoms with Crippen LogP contribution in [0.15, 0.2) is 16.8 Å². The van der Waals surface area contributed by atoms with Crippen molar-refractivity contribution >= 4 is 0 Å². The summed E-state index contributed by atoms with van der Waals surface area (Å²) in [6, 6.07) is 1.77. The molecule has 55 valence electrons. The predicted octanol–water partition coefficient (Wildman–Crippen LogP) is 0.364. The second kappa shape index (κ2) is 2.19. The van der Waals surface area contributed by atoms with Crippen LogP contribution in [0, 0.1) is 13.1 Å². The Morgan fingerprint density at radius 2 is 2.55 bits per heavy atom. The average Bonchev–Trinajstić information content (AvgIpc) is 2.55. The highest BCUT2D eigenvalue weighted by Gasteiger charge is 2.01. The Labute approximate surface area is 62.6 Å². The first-order valence-corrected chi connectivity index (χ1v) is 3.08. The summed E-state index contributed by atoms with van der Waals surface area (Å²) in [4.78, 5) is 0. The standard InChI is InChI=1S/C6H5N4O/c1-5-4-6(8-11-5)10-3-2-7-9-10/h3-4H,1H3. The molecule has 0 aliphatic carbocycles. The Kier molecular flexibility index (Phi) is 1.21. The summed E-state index contributed by atoms with van der Waals surface area (Å²) >= 11 is 0. The maximum absolute atomic E-state index is 4.84. The van der Waals surface area contributed by atoms with Crippen LogP contribution in [0.2, 0.25) is 0 Å².